The smallest absolute Gasteiger partial charge is 0.321 e. The van der Waals surface area contributed by atoms with Crippen molar-refractivity contribution in [2.24, 2.45) is 0 Å². The van der Waals surface area contributed by atoms with Crippen molar-refractivity contribution in [2.45, 2.75) is 25.9 Å². The number of nitrogens with one attached hydrogen (secondary N) is 1. The molecule has 1 N–H and O–H groups in total. The summed E-state index contributed by atoms with van der Waals surface area (Å²) in [7, 11) is 0. The van der Waals surface area contributed by atoms with Crippen molar-refractivity contribution < 1.29 is 9.53 Å². The lowest BCUT2D eigenvalue weighted by atomic mass is 10.1. The highest BCUT2D eigenvalue weighted by molar-refractivity contribution is 6.33. The van der Waals surface area contributed by atoms with Crippen LogP contribution in [0.2, 0.25) is 5.02 Å². The molecule has 24 heavy (non-hydrogen) atoms. The number of para-hydroxylation sites is 2. The molecule has 3 rings (SSSR count). The van der Waals surface area contributed by atoms with Crippen LogP contribution in [0.25, 0.3) is 0 Å². The first kappa shape index (κ1) is 16.7. The van der Waals surface area contributed by atoms with E-state index in [2.05, 4.69) is 5.32 Å². The number of benzene rings is 2. The minimum Gasteiger partial charge on any atom is -0.490 e. The van der Waals surface area contributed by atoms with Crippen LogP contribution in [-0.2, 0) is 0 Å². The first-order valence-electron chi connectivity index (χ1n) is 8.16. The third kappa shape index (κ3) is 4.01. The van der Waals surface area contributed by atoms with Crippen molar-refractivity contribution in [3.63, 3.8) is 0 Å². The highest BCUT2D eigenvalue weighted by atomic mass is 35.5. The second-order valence-corrected chi connectivity index (χ2v) is 6.39. The Bertz CT molecular complexity index is 678. The molecule has 0 aliphatic carbocycles. The molecule has 0 spiro atoms. The van der Waals surface area contributed by atoms with Gasteiger partial charge in [0.15, 0.2) is 0 Å². The zero-order valence-electron chi connectivity index (χ0n) is 13.7. The Morgan fingerprint density at radius 2 is 1.83 bits per heavy atom. The van der Waals surface area contributed by atoms with E-state index in [1.807, 2.05) is 54.3 Å². The Kier molecular flexibility index (Phi) is 5.26. The number of nitrogens with zero attached hydrogens (tertiary/aromatic N) is 1. The quantitative estimate of drug-likeness (QED) is 0.875. The summed E-state index contributed by atoms with van der Waals surface area (Å²) in [5, 5.41) is 3.49. The van der Waals surface area contributed by atoms with Crippen LogP contribution in [-0.4, -0.2) is 30.1 Å². The summed E-state index contributed by atoms with van der Waals surface area (Å²) >= 11 is 6.17. The van der Waals surface area contributed by atoms with Crippen LogP contribution in [0.15, 0.2) is 48.5 Å². The molecule has 126 valence electrons. The molecule has 0 saturated carbocycles. The average Bonchev–Trinajstić information content (AvgIpc) is 2.60. The highest BCUT2D eigenvalue weighted by Gasteiger charge is 2.24. The summed E-state index contributed by atoms with van der Waals surface area (Å²) in [6.45, 7) is 3.28. The number of carbonyl (C=O) groups excluding carboxylic acids is 1. The van der Waals surface area contributed by atoms with Crippen LogP contribution < -0.4 is 10.1 Å². The minimum absolute atomic E-state index is 0.107. The number of hydrogen-bond acceptors (Lipinski definition) is 2. The number of amides is 2. The van der Waals surface area contributed by atoms with Gasteiger partial charge in [-0.3, -0.25) is 0 Å². The van der Waals surface area contributed by atoms with Crippen LogP contribution in [0.1, 0.15) is 18.4 Å². The molecule has 1 saturated heterocycles. The zero-order chi connectivity index (χ0) is 16.9. The Morgan fingerprint density at radius 1 is 1.12 bits per heavy atom. The number of anilines is 1. The molecule has 2 amide bonds. The van der Waals surface area contributed by atoms with Crippen LogP contribution >= 0.6 is 11.6 Å². The molecule has 5 heteroatoms. The SMILES string of the molecule is Cc1cccc(Cl)c1NC(=O)N1CCC(Oc2ccccc2)CC1. The number of aryl methyl sites for hydroxylation is 1. The van der Waals surface area contributed by atoms with Gasteiger partial charge < -0.3 is 15.0 Å². The van der Waals surface area contributed by atoms with Crippen molar-refractivity contribution in [3.05, 3.63) is 59.1 Å². The minimum atomic E-state index is -0.107. The van der Waals surface area contributed by atoms with E-state index in [0.29, 0.717) is 23.8 Å². The summed E-state index contributed by atoms with van der Waals surface area (Å²) in [5.41, 5.74) is 1.64. The van der Waals surface area contributed by atoms with Crippen molar-refractivity contribution in [1.82, 2.24) is 4.90 Å². The summed E-state index contributed by atoms with van der Waals surface area (Å²) in [6.07, 6.45) is 1.80. The average molecular weight is 345 g/mol. The van der Waals surface area contributed by atoms with Gasteiger partial charge in [0.25, 0.3) is 0 Å². The Labute approximate surface area is 147 Å². The predicted molar refractivity (Wildman–Crippen MR) is 96.9 cm³/mol. The fourth-order valence-corrected chi connectivity index (χ4v) is 3.11. The molecule has 0 radical (unpaired) electrons. The Balaban J connectivity index is 1.54. The zero-order valence-corrected chi connectivity index (χ0v) is 14.4. The number of hydrogen-bond donors (Lipinski definition) is 1. The predicted octanol–water partition coefficient (Wildman–Crippen LogP) is 4.72. The maximum absolute atomic E-state index is 12.5. The van der Waals surface area contributed by atoms with Gasteiger partial charge in [-0.15, -0.1) is 0 Å². The number of carbonyl (C=O) groups is 1. The van der Waals surface area contributed by atoms with E-state index in [-0.39, 0.29) is 12.1 Å². The maximum atomic E-state index is 12.5. The fraction of sp³-hybridized carbons (Fsp3) is 0.316. The standard InChI is InChI=1S/C19H21ClN2O2/c1-14-6-5-9-17(20)18(14)21-19(23)22-12-10-16(11-13-22)24-15-7-3-2-4-8-15/h2-9,16H,10-13H2,1H3,(H,21,23). The molecule has 0 bridgehead atoms. The van der Waals surface area contributed by atoms with Gasteiger partial charge in [0, 0.05) is 25.9 Å². The van der Waals surface area contributed by atoms with Gasteiger partial charge in [-0.05, 0) is 30.7 Å². The molecule has 4 nitrogen and oxygen atoms in total. The van der Waals surface area contributed by atoms with E-state index in [4.69, 9.17) is 16.3 Å². The molecular formula is C19H21ClN2O2. The third-order valence-corrected chi connectivity index (χ3v) is 4.54. The van der Waals surface area contributed by atoms with E-state index in [0.717, 1.165) is 24.2 Å². The number of halogens is 1. The van der Waals surface area contributed by atoms with Gasteiger partial charge in [-0.2, -0.15) is 0 Å². The van der Waals surface area contributed by atoms with E-state index >= 15 is 0 Å². The topological polar surface area (TPSA) is 41.6 Å². The molecule has 1 aliphatic rings. The molecule has 1 fully saturated rings. The van der Waals surface area contributed by atoms with Gasteiger partial charge in [0.05, 0.1) is 10.7 Å². The van der Waals surface area contributed by atoms with Gasteiger partial charge >= 0.3 is 6.03 Å². The summed E-state index contributed by atoms with van der Waals surface area (Å²) in [6, 6.07) is 15.3. The first-order chi connectivity index (χ1) is 11.6. The second-order valence-electron chi connectivity index (χ2n) is 5.98. The van der Waals surface area contributed by atoms with Crippen molar-refractivity contribution in [1.29, 1.82) is 0 Å². The van der Waals surface area contributed by atoms with Crippen LogP contribution in [0, 0.1) is 6.92 Å². The second kappa shape index (κ2) is 7.58. The van der Waals surface area contributed by atoms with Crippen LogP contribution in [0.3, 0.4) is 0 Å². The van der Waals surface area contributed by atoms with Crippen LogP contribution in [0.4, 0.5) is 10.5 Å². The number of ether oxygens (including phenoxy) is 1. The molecule has 1 heterocycles. The molecule has 0 unspecified atom stereocenters. The first-order valence-corrected chi connectivity index (χ1v) is 8.54. The van der Waals surface area contributed by atoms with E-state index in [1.165, 1.54) is 0 Å². The summed E-state index contributed by atoms with van der Waals surface area (Å²) in [4.78, 5) is 14.3. The Morgan fingerprint density at radius 3 is 2.50 bits per heavy atom. The molecule has 1 aliphatic heterocycles. The Hall–Kier alpha value is -2.20. The monoisotopic (exact) mass is 344 g/mol. The number of likely N-dealkylation sites (tertiary alicyclic amines) is 1. The van der Waals surface area contributed by atoms with E-state index in [1.54, 1.807) is 6.07 Å². The summed E-state index contributed by atoms with van der Waals surface area (Å²) < 4.78 is 5.96. The highest BCUT2D eigenvalue weighted by Crippen LogP contribution is 2.26. The molecule has 0 aromatic heterocycles. The van der Waals surface area contributed by atoms with Gasteiger partial charge in [0.1, 0.15) is 11.9 Å². The number of piperidine rings is 1. The molecule has 0 atom stereocenters. The summed E-state index contributed by atoms with van der Waals surface area (Å²) in [5.74, 6) is 0.882. The fourth-order valence-electron chi connectivity index (χ4n) is 2.84. The van der Waals surface area contributed by atoms with Gasteiger partial charge in [0.2, 0.25) is 0 Å². The lowest BCUT2D eigenvalue weighted by Gasteiger charge is -2.32. The van der Waals surface area contributed by atoms with Gasteiger partial charge in [-0.1, -0.05) is 41.9 Å². The van der Waals surface area contributed by atoms with Gasteiger partial charge in [-0.25, -0.2) is 4.79 Å². The normalized spacial score (nSPS) is 15.2. The number of rotatable bonds is 3. The molecule has 2 aromatic carbocycles. The molecular weight excluding hydrogens is 324 g/mol. The van der Waals surface area contributed by atoms with Crippen molar-refractivity contribution >= 4 is 23.3 Å². The molecule has 2 aromatic rings. The van der Waals surface area contributed by atoms with Crippen molar-refractivity contribution in [2.75, 3.05) is 18.4 Å². The van der Waals surface area contributed by atoms with Crippen molar-refractivity contribution in [3.8, 4) is 5.75 Å². The lowest BCUT2D eigenvalue weighted by molar-refractivity contribution is 0.115. The third-order valence-electron chi connectivity index (χ3n) is 4.23. The maximum Gasteiger partial charge on any atom is 0.321 e. The van der Waals surface area contributed by atoms with Crippen LogP contribution in [0.5, 0.6) is 5.75 Å². The lowest BCUT2D eigenvalue weighted by Crippen LogP contribution is -2.43. The largest absolute Gasteiger partial charge is 0.490 e. The number of urea groups is 1. The van der Waals surface area contributed by atoms with E-state index < -0.39 is 0 Å². The van der Waals surface area contributed by atoms with E-state index in [9.17, 15) is 4.79 Å².